The van der Waals surface area contributed by atoms with Crippen LogP contribution < -0.4 is 0 Å². The molecule has 8 heteroatoms. The largest absolute Gasteiger partial charge is 0.465 e. The molecule has 0 saturated carbocycles. The van der Waals surface area contributed by atoms with Crippen molar-refractivity contribution in [2.75, 3.05) is 19.6 Å². The summed E-state index contributed by atoms with van der Waals surface area (Å²) in [5.41, 5.74) is 2.35. The first-order valence-corrected chi connectivity index (χ1v) is 11.1. The number of amides is 2. The molecule has 2 heterocycles. The molecular formula is C23H23Cl2FN2O3. The van der Waals surface area contributed by atoms with Crippen molar-refractivity contribution >= 4 is 35.2 Å². The minimum atomic E-state index is -0.905. The van der Waals surface area contributed by atoms with Gasteiger partial charge in [-0.3, -0.25) is 4.79 Å². The third-order valence-electron chi connectivity index (χ3n) is 6.30. The Kier molecular flexibility index (Phi) is 6.39. The Labute approximate surface area is 190 Å². The summed E-state index contributed by atoms with van der Waals surface area (Å²) in [6, 6.07) is 9.80. The molecule has 2 aliphatic rings. The lowest BCUT2D eigenvalue weighted by Crippen LogP contribution is -2.47. The van der Waals surface area contributed by atoms with Gasteiger partial charge in [-0.1, -0.05) is 35.3 Å². The predicted molar refractivity (Wildman–Crippen MR) is 118 cm³/mol. The zero-order chi connectivity index (χ0) is 22.1. The van der Waals surface area contributed by atoms with Gasteiger partial charge < -0.3 is 14.9 Å². The first kappa shape index (κ1) is 21.9. The molecule has 1 atom stereocenters. The van der Waals surface area contributed by atoms with E-state index in [9.17, 15) is 14.0 Å². The van der Waals surface area contributed by atoms with Crippen molar-refractivity contribution in [2.24, 2.45) is 5.92 Å². The van der Waals surface area contributed by atoms with E-state index in [0.717, 1.165) is 23.1 Å². The fourth-order valence-corrected chi connectivity index (χ4v) is 5.18. The monoisotopic (exact) mass is 464 g/mol. The molecule has 2 aromatic rings. The van der Waals surface area contributed by atoms with Gasteiger partial charge >= 0.3 is 6.09 Å². The van der Waals surface area contributed by atoms with Gasteiger partial charge in [0, 0.05) is 41.6 Å². The highest BCUT2D eigenvalue weighted by Gasteiger charge is 2.38. The van der Waals surface area contributed by atoms with E-state index in [2.05, 4.69) is 0 Å². The maximum absolute atomic E-state index is 13.2. The lowest BCUT2D eigenvalue weighted by molar-refractivity contribution is -0.133. The van der Waals surface area contributed by atoms with Crippen molar-refractivity contribution in [2.45, 2.75) is 31.7 Å². The van der Waals surface area contributed by atoms with Crippen LogP contribution in [0.1, 0.15) is 24.8 Å². The molecule has 0 aliphatic carbocycles. The highest BCUT2D eigenvalue weighted by molar-refractivity contribution is 6.36. The van der Waals surface area contributed by atoms with E-state index >= 15 is 0 Å². The number of halogens is 3. The van der Waals surface area contributed by atoms with Crippen LogP contribution >= 0.6 is 23.2 Å². The van der Waals surface area contributed by atoms with Crippen LogP contribution in [0.5, 0.6) is 0 Å². The third-order valence-corrected chi connectivity index (χ3v) is 6.97. The molecule has 2 amide bonds. The lowest BCUT2D eigenvalue weighted by Gasteiger charge is -2.35. The average Bonchev–Trinajstić information content (AvgIpc) is 3.11. The summed E-state index contributed by atoms with van der Waals surface area (Å²) in [5, 5.41) is 10.1. The van der Waals surface area contributed by atoms with Gasteiger partial charge in [-0.05, 0) is 66.6 Å². The second kappa shape index (κ2) is 9.05. The molecule has 5 nitrogen and oxygen atoms in total. The number of hydrogen-bond acceptors (Lipinski definition) is 2. The van der Waals surface area contributed by atoms with E-state index in [1.54, 1.807) is 24.3 Å². The zero-order valence-electron chi connectivity index (χ0n) is 16.9. The standard InChI is InChI=1S/C23H23Cl2FN2O3/c24-20-12-16(14-1-3-17(26)4-2-14)13-21(25)19(20)11-15-5-10-28(22(15)29)18-6-8-27(9-7-18)23(30)31/h1-4,12-13,15,18H,5-11H2,(H,30,31)/t15-/m0/s1. The van der Waals surface area contributed by atoms with E-state index in [-0.39, 0.29) is 23.7 Å². The average molecular weight is 465 g/mol. The van der Waals surface area contributed by atoms with Crippen LogP contribution in [0.4, 0.5) is 9.18 Å². The smallest absolute Gasteiger partial charge is 0.407 e. The van der Waals surface area contributed by atoms with Crippen LogP contribution in [0.15, 0.2) is 36.4 Å². The molecule has 2 aliphatic heterocycles. The highest BCUT2D eigenvalue weighted by atomic mass is 35.5. The fourth-order valence-electron chi connectivity index (χ4n) is 4.54. The minimum Gasteiger partial charge on any atom is -0.465 e. The summed E-state index contributed by atoms with van der Waals surface area (Å²) in [6.07, 6.45) is 1.61. The summed E-state index contributed by atoms with van der Waals surface area (Å²) in [5.74, 6) is -0.414. The molecule has 2 saturated heterocycles. The van der Waals surface area contributed by atoms with Crippen molar-refractivity contribution in [1.29, 1.82) is 0 Å². The van der Waals surface area contributed by atoms with Gasteiger partial charge in [0.15, 0.2) is 0 Å². The summed E-state index contributed by atoms with van der Waals surface area (Å²) in [4.78, 5) is 27.4. The Hall–Kier alpha value is -2.31. The van der Waals surface area contributed by atoms with Crippen molar-refractivity contribution in [3.63, 3.8) is 0 Å². The van der Waals surface area contributed by atoms with Crippen molar-refractivity contribution < 1.29 is 19.1 Å². The second-order valence-electron chi connectivity index (χ2n) is 8.15. The van der Waals surface area contributed by atoms with Crippen LogP contribution in [0, 0.1) is 11.7 Å². The van der Waals surface area contributed by atoms with E-state index in [0.29, 0.717) is 48.9 Å². The molecular weight excluding hydrogens is 442 g/mol. The molecule has 0 unspecified atom stereocenters. The van der Waals surface area contributed by atoms with Crippen molar-refractivity contribution in [3.05, 3.63) is 57.8 Å². The second-order valence-corrected chi connectivity index (χ2v) is 8.96. The first-order valence-electron chi connectivity index (χ1n) is 10.4. The molecule has 164 valence electrons. The Balaban J connectivity index is 1.44. The van der Waals surface area contributed by atoms with E-state index in [4.69, 9.17) is 28.3 Å². The van der Waals surface area contributed by atoms with Gasteiger partial charge in [0.2, 0.25) is 5.91 Å². The van der Waals surface area contributed by atoms with Gasteiger partial charge in [-0.15, -0.1) is 0 Å². The lowest BCUT2D eigenvalue weighted by atomic mass is 9.95. The molecule has 4 rings (SSSR count). The van der Waals surface area contributed by atoms with Crippen molar-refractivity contribution in [1.82, 2.24) is 9.80 Å². The minimum absolute atomic E-state index is 0.0832. The maximum Gasteiger partial charge on any atom is 0.407 e. The molecule has 0 aromatic heterocycles. The number of rotatable bonds is 4. The van der Waals surface area contributed by atoms with Crippen LogP contribution in [-0.2, 0) is 11.2 Å². The normalized spacial score (nSPS) is 19.8. The summed E-state index contributed by atoms with van der Waals surface area (Å²) in [6.45, 7) is 1.58. The zero-order valence-corrected chi connectivity index (χ0v) is 18.4. The van der Waals surface area contributed by atoms with Crippen LogP contribution in [0.3, 0.4) is 0 Å². The Bertz CT molecular complexity index is 968. The number of carboxylic acid groups (broad SMARTS) is 1. The number of carbonyl (C=O) groups is 2. The molecule has 0 radical (unpaired) electrons. The molecule has 2 aromatic carbocycles. The van der Waals surface area contributed by atoms with Crippen molar-refractivity contribution in [3.8, 4) is 11.1 Å². The Morgan fingerprint density at radius 3 is 2.19 bits per heavy atom. The van der Waals surface area contributed by atoms with Gasteiger partial charge in [-0.25, -0.2) is 9.18 Å². The first-order chi connectivity index (χ1) is 14.8. The summed E-state index contributed by atoms with van der Waals surface area (Å²) < 4.78 is 13.2. The SMILES string of the molecule is O=C(O)N1CCC(N2CC[C@@H](Cc3c(Cl)cc(-c4ccc(F)cc4)cc3Cl)C2=O)CC1. The highest BCUT2D eigenvalue weighted by Crippen LogP contribution is 2.36. The van der Waals surface area contributed by atoms with Crippen LogP contribution in [-0.4, -0.2) is 52.6 Å². The molecule has 2 fully saturated rings. The van der Waals surface area contributed by atoms with Gasteiger partial charge in [-0.2, -0.15) is 0 Å². The van der Waals surface area contributed by atoms with E-state index in [1.807, 2.05) is 4.90 Å². The molecule has 0 bridgehead atoms. The molecule has 0 spiro atoms. The fraction of sp³-hybridized carbons (Fsp3) is 0.391. The number of carbonyl (C=O) groups excluding carboxylic acids is 1. The van der Waals surface area contributed by atoms with Crippen LogP contribution in [0.25, 0.3) is 11.1 Å². The van der Waals surface area contributed by atoms with Gasteiger partial charge in [0.1, 0.15) is 5.82 Å². The Morgan fingerprint density at radius 2 is 1.61 bits per heavy atom. The number of nitrogens with zero attached hydrogens (tertiary/aromatic N) is 2. The third kappa shape index (κ3) is 4.65. The van der Waals surface area contributed by atoms with E-state index < -0.39 is 6.09 Å². The number of likely N-dealkylation sites (tertiary alicyclic amines) is 2. The van der Waals surface area contributed by atoms with E-state index in [1.165, 1.54) is 17.0 Å². The topological polar surface area (TPSA) is 60.9 Å². The Morgan fingerprint density at radius 1 is 1.00 bits per heavy atom. The molecule has 1 N–H and O–H groups in total. The number of hydrogen-bond donors (Lipinski definition) is 1. The number of benzene rings is 2. The van der Waals surface area contributed by atoms with Gasteiger partial charge in [0.25, 0.3) is 0 Å². The maximum atomic E-state index is 13.2. The summed E-state index contributed by atoms with van der Waals surface area (Å²) in [7, 11) is 0. The van der Waals surface area contributed by atoms with Crippen LogP contribution in [0.2, 0.25) is 10.0 Å². The number of piperidine rings is 1. The molecule has 31 heavy (non-hydrogen) atoms. The van der Waals surface area contributed by atoms with Gasteiger partial charge in [0.05, 0.1) is 0 Å². The predicted octanol–water partition coefficient (Wildman–Crippen LogP) is 5.33. The quantitative estimate of drug-likeness (QED) is 0.664. The summed E-state index contributed by atoms with van der Waals surface area (Å²) >= 11 is 13.1.